The molecule has 1 aliphatic rings. The molecule has 1 aromatic carbocycles. The lowest BCUT2D eigenvalue weighted by atomic mass is 9.87. The number of ether oxygens (including phenoxy) is 2. The van der Waals surface area contributed by atoms with Crippen molar-refractivity contribution >= 4 is 0 Å². The van der Waals surface area contributed by atoms with Gasteiger partial charge in [-0.25, -0.2) is 0 Å². The van der Waals surface area contributed by atoms with Gasteiger partial charge in [0.25, 0.3) is 0 Å². The molecule has 0 amide bonds. The van der Waals surface area contributed by atoms with Gasteiger partial charge >= 0.3 is 0 Å². The monoisotopic (exact) mass is 272 g/mol. The van der Waals surface area contributed by atoms with Crippen LogP contribution in [0, 0.1) is 11.8 Å². The van der Waals surface area contributed by atoms with Crippen molar-refractivity contribution in [1.82, 2.24) is 0 Å². The highest BCUT2D eigenvalue weighted by Crippen LogP contribution is 2.21. The molecule has 1 unspecified atom stereocenters. The zero-order valence-electron chi connectivity index (χ0n) is 12.7. The van der Waals surface area contributed by atoms with Crippen LogP contribution >= 0.6 is 0 Å². The predicted molar refractivity (Wildman–Crippen MR) is 81.6 cm³/mol. The summed E-state index contributed by atoms with van der Waals surface area (Å²) in [7, 11) is 0. The Morgan fingerprint density at radius 1 is 1.20 bits per heavy atom. The molecule has 108 valence electrons. The maximum absolute atomic E-state index is 5.59. The quantitative estimate of drug-likeness (QED) is 0.761. The second kappa shape index (κ2) is 6.92. The molecule has 1 atom stereocenters. The standard InChI is InChI=1S/C18H24O2/c1-18(2,3)16-11-9-15(10-12-16)7-6-14-20-17-8-4-5-13-19-17/h9-12,17H,4-5,8,13-14H2,1-3H3. The first-order valence-electron chi connectivity index (χ1n) is 7.38. The number of rotatable bonds is 2. The van der Waals surface area contributed by atoms with E-state index in [2.05, 4.69) is 56.9 Å². The van der Waals surface area contributed by atoms with Crippen molar-refractivity contribution in [2.75, 3.05) is 13.2 Å². The molecule has 1 aromatic rings. The minimum Gasteiger partial charge on any atom is -0.353 e. The maximum Gasteiger partial charge on any atom is 0.158 e. The summed E-state index contributed by atoms with van der Waals surface area (Å²) in [5.74, 6) is 6.19. The average Bonchev–Trinajstić information content (AvgIpc) is 2.44. The van der Waals surface area contributed by atoms with Crippen molar-refractivity contribution in [3.05, 3.63) is 35.4 Å². The van der Waals surface area contributed by atoms with E-state index in [0.29, 0.717) is 6.61 Å². The Hall–Kier alpha value is -1.30. The molecule has 1 aliphatic heterocycles. The van der Waals surface area contributed by atoms with Crippen LogP contribution < -0.4 is 0 Å². The summed E-state index contributed by atoms with van der Waals surface area (Å²) in [5, 5.41) is 0. The Balaban J connectivity index is 1.83. The summed E-state index contributed by atoms with van der Waals surface area (Å²) in [6, 6.07) is 8.44. The Bertz CT molecular complexity index is 465. The van der Waals surface area contributed by atoms with Gasteiger partial charge in [-0.05, 0) is 42.4 Å². The van der Waals surface area contributed by atoms with Gasteiger partial charge in [0.05, 0.1) is 0 Å². The van der Waals surface area contributed by atoms with Crippen molar-refractivity contribution in [3.8, 4) is 11.8 Å². The highest BCUT2D eigenvalue weighted by Gasteiger charge is 2.13. The molecule has 0 spiro atoms. The molecule has 0 radical (unpaired) electrons. The van der Waals surface area contributed by atoms with E-state index in [0.717, 1.165) is 25.0 Å². The zero-order chi connectivity index (χ0) is 14.4. The fourth-order valence-corrected chi connectivity index (χ4v) is 2.17. The van der Waals surface area contributed by atoms with Crippen LogP contribution in [0.15, 0.2) is 24.3 Å². The Labute approximate surface area is 122 Å². The third-order valence-electron chi connectivity index (χ3n) is 3.46. The first-order chi connectivity index (χ1) is 9.55. The lowest BCUT2D eigenvalue weighted by molar-refractivity contribution is -0.154. The van der Waals surface area contributed by atoms with Crippen molar-refractivity contribution < 1.29 is 9.47 Å². The van der Waals surface area contributed by atoms with Crippen molar-refractivity contribution in [1.29, 1.82) is 0 Å². The van der Waals surface area contributed by atoms with Gasteiger partial charge in [-0.15, -0.1) is 0 Å². The molecule has 2 heteroatoms. The van der Waals surface area contributed by atoms with E-state index >= 15 is 0 Å². The molecule has 0 saturated carbocycles. The number of hydrogen-bond acceptors (Lipinski definition) is 2. The second-order valence-corrected chi connectivity index (χ2v) is 6.24. The summed E-state index contributed by atoms with van der Waals surface area (Å²) in [6.07, 6.45) is 3.27. The zero-order valence-corrected chi connectivity index (χ0v) is 12.7. The van der Waals surface area contributed by atoms with Gasteiger partial charge in [-0.3, -0.25) is 0 Å². The van der Waals surface area contributed by atoms with Crippen LogP contribution in [-0.2, 0) is 14.9 Å². The first kappa shape index (κ1) is 15.1. The van der Waals surface area contributed by atoms with E-state index < -0.39 is 0 Å². The first-order valence-corrected chi connectivity index (χ1v) is 7.38. The predicted octanol–water partition coefficient (Wildman–Crippen LogP) is 3.88. The molecule has 1 heterocycles. The Morgan fingerprint density at radius 2 is 1.95 bits per heavy atom. The van der Waals surface area contributed by atoms with Crippen LogP contribution in [0.25, 0.3) is 0 Å². The lowest BCUT2D eigenvalue weighted by Crippen LogP contribution is -2.22. The third kappa shape index (κ3) is 4.67. The molecular formula is C18H24O2. The molecule has 20 heavy (non-hydrogen) atoms. The van der Waals surface area contributed by atoms with E-state index in [1.807, 2.05) is 0 Å². The van der Waals surface area contributed by atoms with Crippen LogP contribution in [0.1, 0.15) is 51.2 Å². The molecule has 0 N–H and O–H groups in total. The molecule has 2 nitrogen and oxygen atoms in total. The summed E-state index contributed by atoms with van der Waals surface area (Å²) in [6.45, 7) is 7.89. The summed E-state index contributed by atoms with van der Waals surface area (Å²) in [5.41, 5.74) is 2.55. The van der Waals surface area contributed by atoms with Gasteiger partial charge in [-0.1, -0.05) is 44.7 Å². The SMILES string of the molecule is CC(C)(C)c1ccc(C#CCOC2CCCCO2)cc1. The van der Waals surface area contributed by atoms with Gasteiger partial charge in [0.1, 0.15) is 6.61 Å². The molecule has 2 rings (SSSR count). The maximum atomic E-state index is 5.59. The smallest absolute Gasteiger partial charge is 0.158 e. The van der Waals surface area contributed by atoms with E-state index in [1.165, 1.54) is 12.0 Å². The van der Waals surface area contributed by atoms with E-state index in [4.69, 9.17) is 9.47 Å². The van der Waals surface area contributed by atoms with E-state index in [9.17, 15) is 0 Å². The molecule has 0 aromatic heterocycles. The largest absolute Gasteiger partial charge is 0.353 e. The molecule has 1 fully saturated rings. The number of benzene rings is 1. The number of hydrogen-bond donors (Lipinski definition) is 0. The molecule has 0 bridgehead atoms. The van der Waals surface area contributed by atoms with Crippen molar-refractivity contribution in [2.24, 2.45) is 0 Å². The molecular weight excluding hydrogens is 248 g/mol. The van der Waals surface area contributed by atoms with E-state index in [-0.39, 0.29) is 11.7 Å². The van der Waals surface area contributed by atoms with Gasteiger partial charge in [-0.2, -0.15) is 0 Å². The van der Waals surface area contributed by atoms with Crippen LogP contribution in [0.5, 0.6) is 0 Å². The van der Waals surface area contributed by atoms with Crippen LogP contribution in [-0.4, -0.2) is 19.5 Å². The summed E-state index contributed by atoms with van der Waals surface area (Å²) >= 11 is 0. The lowest BCUT2D eigenvalue weighted by Gasteiger charge is -2.21. The highest BCUT2D eigenvalue weighted by molar-refractivity contribution is 5.37. The minimum absolute atomic E-state index is 0.0543. The van der Waals surface area contributed by atoms with Crippen LogP contribution in [0.4, 0.5) is 0 Å². The minimum atomic E-state index is -0.0543. The third-order valence-corrected chi connectivity index (χ3v) is 3.46. The molecule has 1 saturated heterocycles. The van der Waals surface area contributed by atoms with E-state index in [1.54, 1.807) is 0 Å². The van der Waals surface area contributed by atoms with Crippen LogP contribution in [0.2, 0.25) is 0 Å². The Morgan fingerprint density at radius 3 is 2.55 bits per heavy atom. The normalized spacial score (nSPS) is 19.2. The highest BCUT2D eigenvalue weighted by atomic mass is 16.7. The summed E-state index contributed by atoms with van der Waals surface area (Å²) in [4.78, 5) is 0. The van der Waals surface area contributed by atoms with Gasteiger partial charge < -0.3 is 9.47 Å². The average molecular weight is 272 g/mol. The summed E-state index contributed by atoms with van der Waals surface area (Å²) < 4.78 is 11.1. The fourth-order valence-electron chi connectivity index (χ4n) is 2.17. The molecule has 0 aliphatic carbocycles. The fraction of sp³-hybridized carbons (Fsp3) is 0.556. The van der Waals surface area contributed by atoms with Crippen molar-refractivity contribution in [2.45, 2.75) is 51.7 Å². The Kier molecular flexibility index (Phi) is 5.23. The van der Waals surface area contributed by atoms with Gasteiger partial charge in [0.15, 0.2) is 6.29 Å². The topological polar surface area (TPSA) is 18.5 Å². The van der Waals surface area contributed by atoms with Crippen LogP contribution in [0.3, 0.4) is 0 Å². The van der Waals surface area contributed by atoms with Crippen molar-refractivity contribution in [3.63, 3.8) is 0 Å². The van der Waals surface area contributed by atoms with Gasteiger partial charge in [0, 0.05) is 12.2 Å². The second-order valence-electron chi connectivity index (χ2n) is 6.24. The van der Waals surface area contributed by atoms with Gasteiger partial charge in [0.2, 0.25) is 0 Å².